The number of amides is 2. The molecule has 3 N–H and O–H groups in total. The van der Waals surface area contributed by atoms with Crippen LogP contribution >= 0.6 is 0 Å². The summed E-state index contributed by atoms with van der Waals surface area (Å²) >= 11 is 0. The van der Waals surface area contributed by atoms with Crippen LogP contribution in [-0.4, -0.2) is 77.1 Å². The highest BCUT2D eigenvalue weighted by atomic mass is 16.5. The molecule has 1 aliphatic carbocycles. The molecule has 9 nitrogen and oxygen atoms in total. The first-order valence-corrected chi connectivity index (χ1v) is 11.8. The number of β-amino-alcohol motifs (C(OH)–C–C–N with tert-alkyl or cyclic N) is 1. The van der Waals surface area contributed by atoms with Crippen LogP contribution in [-0.2, 0) is 19.1 Å². The number of aliphatic hydroxyl groups is 1. The van der Waals surface area contributed by atoms with Crippen molar-refractivity contribution in [3.8, 4) is 11.1 Å². The number of hydrogen-bond donors (Lipinski definition) is 3. The molecule has 9 heteroatoms. The molecule has 2 aliphatic heterocycles. The third-order valence-electron chi connectivity index (χ3n) is 7.27. The Balaban J connectivity index is 1.32. The van der Waals surface area contributed by atoms with Crippen molar-refractivity contribution in [2.45, 2.75) is 42.9 Å². The van der Waals surface area contributed by atoms with Crippen LogP contribution in [0, 0.1) is 0 Å². The van der Waals surface area contributed by atoms with Crippen molar-refractivity contribution in [2.75, 3.05) is 26.4 Å². The van der Waals surface area contributed by atoms with Gasteiger partial charge in [-0.1, -0.05) is 48.5 Å². The molecule has 2 aromatic carbocycles. The van der Waals surface area contributed by atoms with Gasteiger partial charge in [-0.2, -0.15) is 0 Å². The molecule has 2 atom stereocenters. The largest absolute Gasteiger partial charge is 0.480 e. The third kappa shape index (κ3) is 4.26. The summed E-state index contributed by atoms with van der Waals surface area (Å²) in [5.74, 6) is -1.84. The fourth-order valence-corrected chi connectivity index (χ4v) is 5.49. The summed E-state index contributed by atoms with van der Waals surface area (Å²) in [7, 11) is 0. The van der Waals surface area contributed by atoms with Gasteiger partial charge in [0.25, 0.3) is 0 Å². The maximum atomic E-state index is 13.5. The van der Waals surface area contributed by atoms with E-state index in [1.54, 1.807) is 0 Å². The first kappa shape index (κ1) is 23.3. The Bertz CT molecular complexity index is 1100. The average molecular weight is 481 g/mol. The van der Waals surface area contributed by atoms with Crippen LogP contribution in [0.4, 0.5) is 4.79 Å². The Kier molecular flexibility index (Phi) is 6.21. The zero-order valence-corrected chi connectivity index (χ0v) is 19.2. The minimum absolute atomic E-state index is 0.0431. The number of rotatable bonds is 5. The number of benzene rings is 2. The SMILES string of the molecule is O=C(NC1(C(=O)N2C[C@H](O)C[C@H]2C(=O)O)CCOCC1)OCC1c2ccccc2-c2ccccc21. The van der Waals surface area contributed by atoms with Gasteiger partial charge in [-0.25, -0.2) is 9.59 Å². The Morgan fingerprint density at radius 1 is 1.03 bits per heavy atom. The fourth-order valence-electron chi connectivity index (χ4n) is 5.49. The number of aliphatic hydroxyl groups excluding tert-OH is 1. The lowest BCUT2D eigenvalue weighted by molar-refractivity contribution is -0.153. The highest BCUT2D eigenvalue weighted by Gasteiger charge is 2.50. The summed E-state index contributed by atoms with van der Waals surface area (Å²) in [4.78, 5) is 39.4. The van der Waals surface area contributed by atoms with E-state index in [0.29, 0.717) is 0 Å². The van der Waals surface area contributed by atoms with E-state index in [1.807, 2.05) is 48.5 Å². The van der Waals surface area contributed by atoms with E-state index >= 15 is 0 Å². The van der Waals surface area contributed by atoms with Gasteiger partial charge in [0.2, 0.25) is 5.91 Å². The molecule has 2 aromatic rings. The summed E-state index contributed by atoms with van der Waals surface area (Å²) in [6, 6.07) is 14.9. The summed E-state index contributed by atoms with van der Waals surface area (Å²) < 4.78 is 11.1. The number of ether oxygens (including phenoxy) is 2. The van der Waals surface area contributed by atoms with Crippen LogP contribution in [0.5, 0.6) is 0 Å². The van der Waals surface area contributed by atoms with Gasteiger partial charge in [-0.05, 0) is 22.3 Å². The summed E-state index contributed by atoms with van der Waals surface area (Å²) in [6.07, 6.45) is -1.33. The third-order valence-corrected chi connectivity index (χ3v) is 7.27. The second-order valence-corrected chi connectivity index (χ2v) is 9.35. The molecule has 0 aromatic heterocycles. The maximum absolute atomic E-state index is 13.5. The zero-order chi connectivity index (χ0) is 24.6. The molecular formula is C26H28N2O7. The van der Waals surface area contributed by atoms with E-state index in [-0.39, 0.29) is 51.5 Å². The molecule has 2 fully saturated rings. The zero-order valence-electron chi connectivity index (χ0n) is 19.2. The van der Waals surface area contributed by atoms with Crippen molar-refractivity contribution in [3.63, 3.8) is 0 Å². The number of carbonyl (C=O) groups excluding carboxylic acids is 2. The Morgan fingerprint density at radius 2 is 1.63 bits per heavy atom. The van der Waals surface area contributed by atoms with E-state index in [2.05, 4.69) is 5.32 Å². The average Bonchev–Trinajstić information content (AvgIpc) is 3.41. The molecule has 5 rings (SSSR count). The number of aliphatic carboxylic acids is 1. The van der Waals surface area contributed by atoms with Gasteiger partial charge in [0.05, 0.1) is 6.10 Å². The topological polar surface area (TPSA) is 125 Å². The number of carbonyl (C=O) groups is 3. The van der Waals surface area contributed by atoms with Crippen LogP contribution in [0.25, 0.3) is 11.1 Å². The minimum Gasteiger partial charge on any atom is -0.480 e. The van der Waals surface area contributed by atoms with E-state index in [1.165, 1.54) is 0 Å². The van der Waals surface area contributed by atoms with Crippen molar-refractivity contribution >= 4 is 18.0 Å². The number of likely N-dealkylation sites (tertiary alicyclic amines) is 1. The molecule has 0 spiro atoms. The minimum atomic E-state index is -1.35. The normalized spacial score (nSPS) is 22.8. The number of alkyl carbamates (subject to hydrolysis) is 1. The molecule has 0 radical (unpaired) electrons. The number of hydrogen-bond acceptors (Lipinski definition) is 6. The molecule has 2 heterocycles. The second-order valence-electron chi connectivity index (χ2n) is 9.35. The predicted molar refractivity (Wildman–Crippen MR) is 125 cm³/mol. The quantitative estimate of drug-likeness (QED) is 0.599. The summed E-state index contributed by atoms with van der Waals surface area (Å²) in [5, 5.41) is 22.3. The van der Waals surface area contributed by atoms with Crippen molar-refractivity contribution in [3.05, 3.63) is 59.7 Å². The number of fused-ring (bicyclic) bond motifs is 3. The lowest BCUT2D eigenvalue weighted by atomic mass is 9.88. The van der Waals surface area contributed by atoms with E-state index in [4.69, 9.17) is 9.47 Å². The number of nitrogens with one attached hydrogen (secondary N) is 1. The Morgan fingerprint density at radius 3 is 2.23 bits per heavy atom. The smallest absolute Gasteiger partial charge is 0.408 e. The van der Waals surface area contributed by atoms with Crippen LogP contribution in [0.15, 0.2) is 48.5 Å². The summed E-state index contributed by atoms with van der Waals surface area (Å²) in [6.45, 7) is 0.485. The Labute approximate surface area is 202 Å². The standard InChI is InChI=1S/C26H28N2O7/c29-16-13-22(23(30)31)28(14-16)24(32)26(9-11-34-12-10-26)27-25(33)35-15-21-19-7-3-1-5-17(19)18-6-2-4-8-20(18)21/h1-8,16,21-22,29H,9-15H2,(H,27,33)(H,30,31)/t16-,22+/m1/s1. The molecule has 2 amide bonds. The number of carboxylic acids is 1. The Hall–Kier alpha value is -3.43. The lowest BCUT2D eigenvalue weighted by Crippen LogP contribution is -2.63. The van der Waals surface area contributed by atoms with E-state index in [0.717, 1.165) is 27.2 Å². The highest BCUT2D eigenvalue weighted by molar-refractivity contribution is 5.93. The molecule has 0 saturated carbocycles. The van der Waals surface area contributed by atoms with Gasteiger partial charge in [0.15, 0.2) is 0 Å². The van der Waals surface area contributed by atoms with E-state index in [9.17, 15) is 24.6 Å². The molecule has 0 unspecified atom stereocenters. The number of nitrogens with zero attached hydrogens (tertiary/aromatic N) is 1. The first-order valence-electron chi connectivity index (χ1n) is 11.8. The molecule has 35 heavy (non-hydrogen) atoms. The van der Waals surface area contributed by atoms with Crippen LogP contribution < -0.4 is 5.32 Å². The van der Waals surface area contributed by atoms with Crippen molar-refractivity contribution < 1.29 is 34.1 Å². The van der Waals surface area contributed by atoms with Crippen LogP contribution in [0.3, 0.4) is 0 Å². The van der Waals surface area contributed by atoms with Crippen molar-refractivity contribution in [1.29, 1.82) is 0 Å². The molecular weight excluding hydrogens is 452 g/mol. The first-order chi connectivity index (χ1) is 16.9. The molecule has 2 saturated heterocycles. The van der Waals surface area contributed by atoms with Crippen LogP contribution in [0.2, 0.25) is 0 Å². The molecule has 0 bridgehead atoms. The van der Waals surface area contributed by atoms with E-state index < -0.39 is 35.7 Å². The van der Waals surface area contributed by atoms with Crippen LogP contribution in [0.1, 0.15) is 36.3 Å². The maximum Gasteiger partial charge on any atom is 0.408 e. The van der Waals surface area contributed by atoms with Crippen molar-refractivity contribution in [2.24, 2.45) is 0 Å². The second kappa shape index (κ2) is 9.31. The van der Waals surface area contributed by atoms with Gasteiger partial charge >= 0.3 is 12.1 Å². The predicted octanol–water partition coefficient (Wildman–Crippen LogP) is 2.12. The van der Waals surface area contributed by atoms with Gasteiger partial charge in [0, 0.05) is 44.9 Å². The highest BCUT2D eigenvalue weighted by Crippen LogP contribution is 2.44. The molecule has 3 aliphatic rings. The lowest BCUT2D eigenvalue weighted by Gasteiger charge is -2.39. The van der Waals surface area contributed by atoms with Gasteiger partial charge < -0.3 is 29.9 Å². The fraction of sp³-hybridized carbons (Fsp3) is 0.423. The van der Waals surface area contributed by atoms with Gasteiger partial charge in [-0.3, -0.25) is 4.79 Å². The van der Waals surface area contributed by atoms with Crippen molar-refractivity contribution in [1.82, 2.24) is 10.2 Å². The van der Waals surface area contributed by atoms with Gasteiger partial charge in [-0.15, -0.1) is 0 Å². The number of carboxylic acid groups (broad SMARTS) is 1. The van der Waals surface area contributed by atoms with Gasteiger partial charge in [0.1, 0.15) is 18.2 Å². The monoisotopic (exact) mass is 480 g/mol. The molecule has 184 valence electrons. The summed E-state index contributed by atoms with van der Waals surface area (Å²) in [5.41, 5.74) is 3.03.